The van der Waals surface area contributed by atoms with Crippen LogP contribution in [0.1, 0.15) is 35.6 Å². The van der Waals surface area contributed by atoms with Gasteiger partial charge in [-0.15, -0.1) is 0 Å². The number of H-pyrrole nitrogens is 1. The predicted molar refractivity (Wildman–Crippen MR) is 130 cm³/mol. The number of hydrogen-bond acceptors (Lipinski definition) is 4. The summed E-state index contributed by atoms with van der Waals surface area (Å²) >= 11 is 0. The van der Waals surface area contributed by atoms with Crippen molar-refractivity contribution < 1.29 is 14.3 Å². The summed E-state index contributed by atoms with van der Waals surface area (Å²) in [6, 6.07) is 20.5. The van der Waals surface area contributed by atoms with E-state index in [-0.39, 0.29) is 11.8 Å². The average molecular weight is 443 g/mol. The molecule has 0 saturated heterocycles. The third kappa shape index (κ3) is 5.77. The van der Waals surface area contributed by atoms with Gasteiger partial charge in [-0.05, 0) is 73.5 Å². The number of rotatable bonds is 8. The van der Waals surface area contributed by atoms with Gasteiger partial charge in [0, 0.05) is 30.3 Å². The maximum absolute atomic E-state index is 12.7. The van der Waals surface area contributed by atoms with Gasteiger partial charge in [0.25, 0.3) is 5.91 Å². The number of imidazole rings is 1. The number of amides is 2. The van der Waals surface area contributed by atoms with E-state index in [2.05, 4.69) is 20.6 Å². The molecule has 0 aliphatic heterocycles. The smallest absolute Gasteiger partial charge is 0.255 e. The van der Waals surface area contributed by atoms with Gasteiger partial charge in [-0.3, -0.25) is 9.59 Å². The van der Waals surface area contributed by atoms with Gasteiger partial charge in [0.2, 0.25) is 5.91 Å². The summed E-state index contributed by atoms with van der Waals surface area (Å²) in [5.41, 5.74) is 4.85. The average Bonchev–Trinajstić information content (AvgIpc) is 3.22. The number of carbonyl (C=O) groups excluding carboxylic acids is 2. The summed E-state index contributed by atoms with van der Waals surface area (Å²) in [6.07, 6.45) is 1.55. The molecule has 0 unspecified atom stereocenters. The minimum Gasteiger partial charge on any atom is -0.494 e. The third-order valence-corrected chi connectivity index (χ3v) is 5.14. The van der Waals surface area contributed by atoms with Crippen LogP contribution in [-0.2, 0) is 17.6 Å². The van der Waals surface area contributed by atoms with E-state index in [0.717, 1.165) is 46.7 Å². The first-order valence-corrected chi connectivity index (χ1v) is 10.9. The van der Waals surface area contributed by atoms with Crippen molar-refractivity contribution in [1.82, 2.24) is 9.97 Å². The van der Waals surface area contributed by atoms with Gasteiger partial charge in [-0.1, -0.05) is 12.1 Å². The van der Waals surface area contributed by atoms with Crippen molar-refractivity contribution in [2.45, 2.75) is 26.7 Å². The molecule has 0 saturated carbocycles. The van der Waals surface area contributed by atoms with Crippen LogP contribution in [0.3, 0.4) is 0 Å². The first-order valence-electron chi connectivity index (χ1n) is 10.9. The Bertz CT molecular complexity index is 1260. The Morgan fingerprint density at radius 3 is 2.30 bits per heavy atom. The molecule has 4 aromatic rings. The van der Waals surface area contributed by atoms with Crippen molar-refractivity contribution in [2.75, 3.05) is 17.2 Å². The van der Waals surface area contributed by atoms with E-state index in [1.54, 1.807) is 6.07 Å². The highest BCUT2D eigenvalue weighted by Crippen LogP contribution is 2.19. The van der Waals surface area contributed by atoms with Crippen molar-refractivity contribution in [3.05, 3.63) is 83.7 Å². The first-order chi connectivity index (χ1) is 16.0. The highest BCUT2D eigenvalue weighted by molar-refractivity contribution is 6.05. The van der Waals surface area contributed by atoms with E-state index in [1.807, 2.05) is 67.6 Å². The van der Waals surface area contributed by atoms with Crippen LogP contribution in [0.4, 0.5) is 11.4 Å². The minimum absolute atomic E-state index is 0.0856. The fourth-order valence-corrected chi connectivity index (χ4v) is 3.55. The number of anilines is 2. The number of carbonyl (C=O) groups is 2. The zero-order valence-corrected chi connectivity index (χ0v) is 18.6. The largest absolute Gasteiger partial charge is 0.494 e. The van der Waals surface area contributed by atoms with E-state index in [1.165, 1.54) is 6.92 Å². The van der Waals surface area contributed by atoms with Crippen LogP contribution in [0.5, 0.6) is 5.75 Å². The molecule has 1 aromatic heterocycles. The van der Waals surface area contributed by atoms with Crippen molar-refractivity contribution in [3.63, 3.8) is 0 Å². The topological polar surface area (TPSA) is 96.1 Å². The molecule has 2 amide bonds. The molecule has 1 heterocycles. The normalized spacial score (nSPS) is 10.7. The number of fused-ring (bicyclic) bond motifs is 1. The van der Waals surface area contributed by atoms with Crippen LogP contribution >= 0.6 is 0 Å². The third-order valence-electron chi connectivity index (χ3n) is 5.14. The Morgan fingerprint density at radius 1 is 0.909 bits per heavy atom. The second kappa shape index (κ2) is 9.99. The summed E-state index contributed by atoms with van der Waals surface area (Å²) in [4.78, 5) is 31.8. The van der Waals surface area contributed by atoms with E-state index in [9.17, 15) is 9.59 Å². The van der Waals surface area contributed by atoms with Crippen molar-refractivity contribution >= 4 is 34.2 Å². The molecule has 0 atom stereocenters. The molecule has 0 radical (unpaired) electrons. The summed E-state index contributed by atoms with van der Waals surface area (Å²) in [5, 5.41) is 5.67. The van der Waals surface area contributed by atoms with Crippen molar-refractivity contribution in [3.8, 4) is 5.75 Å². The number of benzene rings is 3. The monoisotopic (exact) mass is 442 g/mol. The van der Waals surface area contributed by atoms with Crippen molar-refractivity contribution in [1.29, 1.82) is 0 Å². The molecule has 3 aromatic carbocycles. The number of aromatic nitrogens is 2. The fourth-order valence-electron chi connectivity index (χ4n) is 3.55. The van der Waals surface area contributed by atoms with Gasteiger partial charge in [-0.2, -0.15) is 0 Å². The fraction of sp³-hybridized carbons (Fsp3) is 0.192. The zero-order valence-electron chi connectivity index (χ0n) is 18.6. The summed E-state index contributed by atoms with van der Waals surface area (Å²) in [6.45, 7) is 4.02. The number of aryl methyl sites for hydroxylation is 2. The Morgan fingerprint density at radius 2 is 1.61 bits per heavy atom. The molecule has 0 aliphatic carbocycles. The lowest BCUT2D eigenvalue weighted by molar-refractivity contribution is -0.114. The van der Waals surface area contributed by atoms with Crippen LogP contribution < -0.4 is 15.4 Å². The second-order valence-corrected chi connectivity index (χ2v) is 7.71. The number of ether oxygens (including phenoxy) is 1. The molecular formula is C26H26N4O3. The van der Waals surface area contributed by atoms with E-state index in [0.29, 0.717) is 17.9 Å². The van der Waals surface area contributed by atoms with Crippen LogP contribution in [-0.4, -0.2) is 28.4 Å². The Hall–Kier alpha value is -4.13. The lowest BCUT2D eigenvalue weighted by atomic mass is 10.1. The summed E-state index contributed by atoms with van der Waals surface area (Å²) < 4.78 is 5.43. The van der Waals surface area contributed by atoms with Crippen LogP contribution in [0.25, 0.3) is 11.0 Å². The molecule has 7 heteroatoms. The van der Waals surface area contributed by atoms with Crippen LogP contribution in [0.2, 0.25) is 0 Å². The number of aromatic amines is 1. The van der Waals surface area contributed by atoms with Gasteiger partial charge in [0.1, 0.15) is 11.6 Å². The minimum atomic E-state index is -0.184. The Labute approximate surface area is 192 Å². The van der Waals surface area contributed by atoms with Gasteiger partial charge in [0.15, 0.2) is 0 Å². The van der Waals surface area contributed by atoms with Crippen molar-refractivity contribution in [2.24, 2.45) is 0 Å². The van der Waals surface area contributed by atoms with Gasteiger partial charge < -0.3 is 20.4 Å². The molecule has 3 N–H and O–H groups in total. The van der Waals surface area contributed by atoms with Gasteiger partial charge >= 0.3 is 0 Å². The molecule has 7 nitrogen and oxygen atoms in total. The highest BCUT2D eigenvalue weighted by atomic mass is 16.5. The molecule has 0 aliphatic rings. The quantitative estimate of drug-likeness (QED) is 0.359. The number of nitrogens with zero attached hydrogens (tertiary/aromatic N) is 1. The Balaban J connectivity index is 1.39. The molecule has 33 heavy (non-hydrogen) atoms. The summed E-state index contributed by atoms with van der Waals surface area (Å²) in [5.74, 6) is 1.36. The molecule has 0 bridgehead atoms. The molecule has 0 fully saturated rings. The van der Waals surface area contributed by atoms with E-state index >= 15 is 0 Å². The van der Waals surface area contributed by atoms with E-state index < -0.39 is 0 Å². The lowest BCUT2D eigenvalue weighted by Crippen LogP contribution is -2.11. The number of hydrogen-bond donors (Lipinski definition) is 3. The SMILES string of the molecule is CCOc1ccc(NC(=O)c2ccc3nc(CCc4ccc(NC(C)=O)cc4)[nH]c3c2)cc1. The maximum atomic E-state index is 12.7. The molecular weight excluding hydrogens is 416 g/mol. The number of nitrogens with one attached hydrogen (secondary N) is 3. The van der Waals surface area contributed by atoms with Gasteiger partial charge in [-0.25, -0.2) is 4.98 Å². The summed E-state index contributed by atoms with van der Waals surface area (Å²) in [7, 11) is 0. The highest BCUT2D eigenvalue weighted by Gasteiger charge is 2.10. The zero-order chi connectivity index (χ0) is 23.2. The molecule has 4 rings (SSSR count). The van der Waals surface area contributed by atoms with Crippen LogP contribution in [0.15, 0.2) is 66.7 Å². The lowest BCUT2D eigenvalue weighted by Gasteiger charge is -2.07. The standard InChI is InChI=1S/C26H26N4O3/c1-3-33-22-12-10-21(11-13-22)28-26(32)19-7-14-23-24(16-19)30-25(29-23)15-6-18-4-8-20(9-5-18)27-17(2)31/h4-5,7-14,16H,3,6,15H2,1-2H3,(H,27,31)(H,28,32)(H,29,30). The van der Waals surface area contributed by atoms with Crippen LogP contribution in [0, 0.1) is 0 Å². The maximum Gasteiger partial charge on any atom is 0.255 e. The predicted octanol–water partition coefficient (Wildman–Crippen LogP) is 4.96. The first kappa shape index (κ1) is 22.1. The molecule has 168 valence electrons. The molecule has 0 spiro atoms. The van der Waals surface area contributed by atoms with E-state index in [4.69, 9.17) is 4.74 Å². The second-order valence-electron chi connectivity index (χ2n) is 7.71. The van der Waals surface area contributed by atoms with Gasteiger partial charge in [0.05, 0.1) is 17.6 Å². The Kier molecular flexibility index (Phi) is 6.69.